The Hall–Kier alpha value is -2.47. The van der Waals surface area contributed by atoms with Crippen molar-refractivity contribution in [2.24, 2.45) is 7.05 Å². The predicted molar refractivity (Wildman–Crippen MR) is 85.6 cm³/mol. The van der Waals surface area contributed by atoms with Crippen molar-refractivity contribution in [3.05, 3.63) is 57.9 Å². The second-order valence-corrected chi connectivity index (χ2v) is 5.61. The summed E-state index contributed by atoms with van der Waals surface area (Å²) in [6, 6.07) is 7.55. The van der Waals surface area contributed by atoms with E-state index in [1.54, 1.807) is 12.4 Å². The summed E-state index contributed by atoms with van der Waals surface area (Å²) in [6.07, 6.45) is 1.67. The number of nitrogens with one attached hydrogen (secondary N) is 2. The van der Waals surface area contributed by atoms with Crippen LogP contribution in [0, 0.1) is 6.92 Å². The highest BCUT2D eigenvalue weighted by Crippen LogP contribution is 2.12. The van der Waals surface area contributed by atoms with E-state index in [0.29, 0.717) is 6.54 Å². The fraction of sp³-hybridized carbons (Fsp3) is 0.312. The molecular formula is C16H19N5O. The Kier molecular flexibility index (Phi) is 3.77. The van der Waals surface area contributed by atoms with Crippen molar-refractivity contribution in [1.29, 1.82) is 0 Å². The fourth-order valence-corrected chi connectivity index (χ4v) is 2.55. The Morgan fingerprint density at radius 2 is 2.18 bits per heavy atom. The second kappa shape index (κ2) is 5.73. The van der Waals surface area contributed by atoms with Gasteiger partial charge in [0.15, 0.2) is 5.43 Å². The minimum Gasteiger partial charge on any atom is -0.357 e. The lowest BCUT2D eigenvalue weighted by Crippen LogP contribution is -2.22. The number of nitrogens with zero attached hydrogens (tertiary/aromatic N) is 3. The summed E-state index contributed by atoms with van der Waals surface area (Å²) in [5, 5.41) is 12.0. The molecule has 0 saturated carbocycles. The summed E-state index contributed by atoms with van der Waals surface area (Å²) < 4.78 is 1.88. The van der Waals surface area contributed by atoms with Crippen molar-refractivity contribution in [3.63, 3.8) is 0 Å². The van der Waals surface area contributed by atoms with Gasteiger partial charge in [0.2, 0.25) is 0 Å². The van der Waals surface area contributed by atoms with Gasteiger partial charge < -0.3 is 14.9 Å². The maximum Gasteiger partial charge on any atom is 0.189 e. The molecule has 1 aromatic carbocycles. The number of aromatic amines is 1. The molecule has 0 amide bonds. The van der Waals surface area contributed by atoms with Crippen LogP contribution in [-0.2, 0) is 13.6 Å². The van der Waals surface area contributed by atoms with E-state index >= 15 is 0 Å². The Balaban J connectivity index is 1.81. The third-order valence-electron chi connectivity index (χ3n) is 3.77. The van der Waals surface area contributed by atoms with Gasteiger partial charge in [-0.1, -0.05) is 11.6 Å². The number of rotatable bonds is 4. The van der Waals surface area contributed by atoms with E-state index in [2.05, 4.69) is 20.5 Å². The first-order chi connectivity index (χ1) is 10.5. The van der Waals surface area contributed by atoms with Crippen LogP contribution < -0.4 is 10.7 Å². The van der Waals surface area contributed by atoms with Crippen molar-refractivity contribution in [1.82, 2.24) is 25.1 Å². The summed E-state index contributed by atoms with van der Waals surface area (Å²) in [6.45, 7) is 4.57. The van der Waals surface area contributed by atoms with E-state index in [-0.39, 0.29) is 11.5 Å². The molecule has 6 heteroatoms. The molecule has 0 unspecified atom stereocenters. The lowest BCUT2D eigenvalue weighted by atomic mass is 10.1. The summed E-state index contributed by atoms with van der Waals surface area (Å²) >= 11 is 0. The van der Waals surface area contributed by atoms with Crippen LogP contribution in [-0.4, -0.2) is 19.7 Å². The van der Waals surface area contributed by atoms with Gasteiger partial charge in [-0.25, -0.2) is 0 Å². The number of H-pyrrole nitrogens is 1. The lowest BCUT2D eigenvalue weighted by molar-refractivity contribution is 0.524. The molecule has 6 nitrogen and oxygen atoms in total. The second-order valence-electron chi connectivity index (χ2n) is 5.61. The van der Waals surface area contributed by atoms with E-state index < -0.39 is 0 Å². The highest BCUT2D eigenvalue weighted by Gasteiger charge is 2.11. The van der Waals surface area contributed by atoms with Gasteiger partial charge in [-0.3, -0.25) is 4.79 Å². The van der Waals surface area contributed by atoms with Gasteiger partial charge in [0.05, 0.1) is 6.04 Å². The molecule has 0 fully saturated rings. The molecule has 0 bridgehead atoms. The van der Waals surface area contributed by atoms with Gasteiger partial charge in [-0.05, 0) is 26.0 Å². The molecule has 0 radical (unpaired) electrons. The number of aromatic nitrogens is 4. The highest BCUT2D eigenvalue weighted by atomic mass is 16.1. The van der Waals surface area contributed by atoms with Crippen molar-refractivity contribution in [2.75, 3.05) is 0 Å². The first kappa shape index (κ1) is 14.5. The third kappa shape index (κ3) is 2.78. The molecule has 114 valence electrons. The molecule has 22 heavy (non-hydrogen) atoms. The summed E-state index contributed by atoms with van der Waals surface area (Å²) in [5.74, 6) is 0.860. The fourth-order valence-electron chi connectivity index (χ4n) is 2.55. The smallest absolute Gasteiger partial charge is 0.189 e. The molecule has 3 rings (SSSR count). The Morgan fingerprint density at radius 3 is 2.91 bits per heavy atom. The van der Waals surface area contributed by atoms with Crippen LogP contribution in [0.15, 0.2) is 35.4 Å². The van der Waals surface area contributed by atoms with Gasteiger partial charge in [-0.2, -0.15) is 0 Å². The van der Waals surface area contributed by atoms with Gasteiger partial charge in [0.25, 0.3) is 0 Å². The van der Waals surface area contributed by atoms with E-state index in [4.69, 9.17) is 0 Å². The molecule has 0 aliphatic carbocycles. The number of pyridine rings is 1. The monoisotopic (exact) mass is 297 g/mol. The first-order valence-electron chi connectivity index (χ1n) is 7.24. The van der Waals surface area contributed by atoms with Crippen LogP contribution in [0.4, 0.5) is 0 Å². The van der Waals surface area contributed by atoms with Crippen LogP contribution in [0.25, 0.3) is 10.9 Å². The molecular weight excluding hydrogens is 278 g/mol. The van der Waals surface area contributed by atoms with E-state index in [1.165, 1.54) is 0 Å². The van der Waals surface area contributed by atoms with Gasteiger partial charge in [0.1, 0.15) is 12.2 Å². The van der Waals surface area contributed by atoms with Crippen LogP contribution in [0.5, 0.6) is 0 Å². The molecule has 1 atom stereocenters. The first-order valence-corrected chi connectivity index (χ1v) is 7.24. The Morgan fingerprint density at radius 1 is 1.36 bits per heavy atom. The minimum atomic E-state index is 0.0422. The van der Waals surface area contributed by atoms with Crippen molar-refractivity contribution < 1.29 is 0 Å². The van der Waals surface area contributed by atoms with Crippen molar-refractivity contribution in [2.45, 2.75) is 26.4 Å². The molecule has 2 aromatic heterocycles. The van der Waals surface area contributed by atoms with Gasteiger partial charge in [0, 0.05) is 36.3 Å². The summed E-state index contributed by atoms with van der Waals surface area (Å²) in [7, 11) is 1.91. The van der Waals surface area contributed by atoms with Gasteiger partial charge in [-0.15, -0.1) is 10.2 Å². The average molecular weight is 297 g/mol. The van der Waals surface area contributed by atoms with Crippen molar-refractivity contribution in [3.8, 4) is 0 Å². The SMILES string of the molecule is Cc1ccc2[nH]c(CN[C@@H](C)c3nncn3C)cc(=O)c2c1. The third-order valence-corrected chi connectivity index (χ3v) is 3.77. The van der Waals surface area contributed by atoms with Crippen LogP contribution in [0.3, 0.4) is 0 Å². The number of benzene rings is 1. The zero-order chi connectivity index (χ0) is 15.7. The minimum absolute atomic E-state index is 0.0422. The van der Waals surface area contributed by atoms with Crippen LogP contribution in [0.2, 0.25) is 0 Å². The molecule has 2 N–H and O–H groups in total. The maximum atomic E-state index is 12.2. The number of fused-ring (bicyclic) bond motifs is 1. The molecule has 2 heterocycles. The Labute approximate surface area is 128 Å². The quantitative estimate of drug-likeness (QED) is 0.770. The average Bonchev–Trinajstić information content (AvgIpc) is 2.92. The zero-order valence-electron chi connectivity index (χ0n) is 12.9. The standard InChI is InChI=1S/C16H19N5O/c1-10-4-5-14-13(6-10)15(22)7-12(19-14)8-17-11(2)16-20-18-9-21(16)3/h4-7,9,11,17H,8H2,1-3H3,(H,19,22)/t11-/m0/s1. The zero-order valence-corrected chi connectivity index (χ0v) is 12.9. The van der Waals surface area contributed by atoms with E-state index in [9.17, 15) is 4.79 Å². The number of hydrogen-bond donors (Lipinski definition) is 2. The summed E-state index contributed by atoms with van der Waals surface area (Å²) in [4.78, 5) is 15.5. The molecule has 0 saturated heterocycles. The van der Waals surface area contributed by atoms with E-state index in [0.717, 1.165) is 28.0 Å². The van der Waals surface area contributed by atoms with Crippen LogP contribution >= 0.6 is 0 Å². The van der Waals surface area contributed by atoms with E-state index in [1.807, 2.05) is 43.7 Å². The number of hydrogen-bond acceptors (Lipinski definition) is 4. The topological polar surface area (TPSA) is 75.6 Å². The summed E-state index contributed by atoms with van der Waals surface area (Å²) in [5.41, 5.74) is 2.84. The van der Waals surface area contributed by atoms with Gasteiger partial charge >= 0.3 is 0 Å². The lowest BCUT2D eigenvalue weighted by Gasteiger charge is -2.13. The normalized spacial score (nSPS) is 12.7. The van der Waals surface area contributed by atoms with Crippen molar-refractivity contribution >= 4 is 10.9 Å². The largest absolute Gasteiger partial charge is 0.357 e. The predicted octanol–water partition coefficient (Wildman–Crippen LogP) is 1.82. The molecule has 0 spiro atoms. The highest BCUT2D eigenvalue weighted by molar-refractivity contribution is 5.79. The molecule has 0 aliphatic rings. The maximum absolute atomic E-state index is 12.2. The molecule has 3 aromatic rings. The Bertz CT molecular complexity index is 864. The van der Waals surface area contributed by atoms with Crippen LogP contribution in [0.1, 0.15) is 30.0 Å². The number of aryl methyl sites for hydroxylation is 2. The molecule has 0 aliphatic heterocycles.